The molecule has 1 heterocycles. The molecule has 17 heavy (non-hydrogen) atoms. The van der Waals surface area contributed by atoms with Gasteiger partial charge in [-0.25, -0.2) is 8.78 Å². The van der Waals surface area contributed by atoms with Gasteiger partial charge in [-0.3, -0.25) is 4.90 Å². The molecule has 0 unspecified atom stereocenters. The van der Waals surface area contributed by atoms with Gasteiger partial charge in [0, 0.05) is 30.1 Å². The van der Waals surface area contributed by atoms with Gasteiger partial charge in [0.05, 0.1) is 6.61 Å². The van der Waals surface area contributed by atoms with E-state index in [1.165, 1.54) is 31.4 Å². The van der Waals surface area contributed by atoms with Crippen molar-refractivity contribution in [3.05, 3.63) is 0 Å². The molecule has 2 atom stereocenters. The predicted molar refractivity (Wildman–Crippen MR) is 66.9 cm³/mol. The van der Waals surface area contributed by atoms with Crippen molar-refractivity contribution in [2.24, 2.45) is 0 Å². The lowest BCUT2D eigenvalue weighted by molar-refractivity contribution is 0.00454. The molecule has 100 valence electrons. The van der Waals surface area contributed by atoms with Crippen molar-refractivity contribution in [2.75, 3.05) is 32.1 Å². The van der Waals surface area contributed by atoms with Crippen LogP contribution in [0.1, 0.15) is 25.7 Å². The minimum atomic E-state index is -2.34. The van der Waals surface area contributed by atoms with Crippen LogP contribution in [-0.4, -0.2) is 54.7 Å². The lowest BCUT2D eigenvalue weighted by Crippen LogP contribution is -2.50. The molecule has 1 saturated heterocycles. The van der Waals surface area contributed by atoms with Crippen LogP contribution in [0.5, 0.6) is 0 Å². The molecule has 0 bridgehead atoms. The molecule has 0 aromatic heterocycles. The summed E-state index contributed by atoms with van der Waals surface area (Å²) in [5, 5.41) is 0.771. The van der Waals surface area contributed by atoms with E-state index in [9.17, 15) is 8.78 Å². The third kappa shape index (κ3) is 4.07. The molecule has 5 heteroatoms. The van der Waals surface area contributed by atoms with E-state index in [1.54, 1.807) is 0 Å². The van der Waals surface area contributed by atoms with Crippen LogP contribution in [-0.2, 0) is 4.74 Å². The van der Waals surface area contributed by atoms with Crippen LogP contribution in [0.25, 0.3) is 0 Å². The van der Waals surface area contributed by atoms with Crippen molar-refractivity contribution in [2.45, 2.75) is 43.4 Å². The van der Waals surface area contributed by atoms with Gasteiger partial charge in [0.25, 0.3) is 6.43 Å². The summed E-state index contributed by atoms with van der Waals surface area (Å²) in [6.07, 6.45) is 2.92. The zero-order valence-electron chi connectivity index (χ0n) is 10.1. The van der Waals surface area contributed by atoms with E-state index in [2.05, 4.69) is 16.7 Å². The maximum absolute atomic E-state index is 11.9. The first-order chi connectivity index (χ1) is 8.27. The smallest absolute Gasteiger partial charge is 0.261 e. The normalized spacial score (nSPS) is 30.5. The van der Waals surface area contributed by atoms with E-state index in [1.807, 2.05) is 0 Å². The Kier molecular flexibility index (Phi) is 5.50. The van der Waals surface area contributed by atoms with Gasteiger partial charge in [-0.05, 0) is 12.8 Å². The zero-order chi connectivity index (χ0) is 12.1. The zero-order valence-corrected chi connectivity index (χ0v) is 10.9. The number of nitrogens with zero attached hydrogens (tertiary/aromatic N) is 1. The number of hydrogen-bond donors (Lipinski definition) is 0. The minimum Gasteiger partial charge on any atom is -0.374 e. The first-order valence-electron chi connectivity index (χ1n) is 6.49. The highest BCUT2D eigenvalue weighted by molar-refractivity contribution is 8.00. The number of halogens is 2. The van der Waals surface area contributed by atoms with Gasteiger partial charge in [-0.2, -0.15) is 11.8 Å². The summed E-state index contributed by atoms with van der Waals surface area (Å²) in [5.41, 5.74) is 0. The third-order valence-corrected chi connectivity index (χ3v) is 5.01. The van der Waals surface area contributed by atoms with Crippen LogP contribution in [0, 0.1) is 0 Å². The summed E-state index contributed by atoms with van der Waals surface area (Å²) < 4.78 is 28.8. The van der Waals surface area contributed by atoms with Crippen LogP contribution >= 0.6 is 11.8 Å². The molecule has 2 nitrogen and oxygen atoms in total. The summed E-state index contributed by atoms with van der Waals surface area (Å²) in [7, 11) is 0. The number of rotatable bonds is 5. The lowest BCUT2D eigenvalue weighted by Gasteiger charge is -2.43. The molecule has 2 aliphatic rings. The Morgan fingerprint density at radius 2 is 2.12 bits per heavy atom. The van der Waals surface area contributed by atoms with Crippen molar-refractivity contribution in [1.82, 2.24) is 4.90 Å². The molecule has 0 N–H and O–H groups in total. The van der Waals surface area contributed by atoms with Crippen molar-refractivity contribution >= 4 is 11.8 Å². The van der Waals surface area contributed by atoms with E-state index in [4.69, 9.17) is 4.74 Å². The van der Waals surface area contributed by atoms with Crippen molar-refractivity contribution < 1.29 is 13.5 Å². The molecule has 0 aromatic carbocycles. The molecular formula is C12H21F2NOS. The molecule has 1 saturated carbocycles. The van der Waals surface area contributed by atoms with Crippen molar-refractivity contribution in [1.29, 1.82) is 0 Å². The monoisotopic (exact) mass is 265 g/mol. The fourth-order valence-electron chi connectivity index (χ4n) is 2.81. The second kappa shape index (κ2) is 6.90. The first kappa shape index (κ1) is 13.6. The van der Waals surface area contributed by atoms with Gasteiger partial charge in [-0.1, -0.05) is 12.8 Å². The number of thioether (sulfide) groups is 1. The van der Waals surface area contributed by atoms with Crippen molar-refractivity contribution in [3.8, 4) is 0 Å². The average Bonchev–Trinajstić information content (AvgIpc) is 2.34. The Morgan fingerprint density at radius 1 is 1.29 bits per heavy atom. The van der Waals surface area contributed by atoms with Crippen LogP contribution in [0.3, 0.4) is 0 Å². The highest BCUT2D eigenvalue weighted by Crippen LogP contribution is 2.35. The van der Waals surface area contributed by atoms with E-state index < -0.39 is 13.0 Å². The maximum Gasteiger partial charge on any atom is 0.261 e. The van der Waals surface area contributed by atoms with Gasteiger partial charge in [0.2, 0.25) is 0 Å². The number of hydrogen-bond acceptors (Lipinski definition) is 3. The lowest BCUT2D eigenvalue weighted by atomic mass is 9.93. The molecular weight excluding hydrogens is 244 g/mol. The Hall–Kier alpha value is 0.130. The van der Waals surface area contributed by atoms with Crippen LogP contribution in [0.2, 0.25) is 0 Å². The Bertz CT molecular complexity index is 229. The standard InChI is InChI=1S/C12H21F2NOS/c13-12(14)9-16-7-5-15-6-8-17-11-4-2-1-3-10(11)15/h10-12H,1-9H2/t10-,11-/m1/s1. The molecule has 0 spiro atoms. The largest absolute Gasteiger partial charge is 0.374 e. The van der Waals surface area contributed by atoms with Gasteiger partial charge >= 0.3 is 0 Å². The Morgan fingerprint density at radius 3 is 2.94 bits per heavy atom. The van der Waals surface area contributed by atoms with Gasteiger partial charge in [0.1, 0.15) is 6.61 Å². The predicted octanol–water partition coefficient (Wildman–Crippen LogP) is 2.63. The summed E-state index contributed by atoms with van der Waals surface area (Å²) in [5.74, 6) is 1.18. The number of alkyl halides is 2. The first-order valence-corrected chi connectivity index (χ1v) is 7.54. The number of fused-ring (bicyclic) bond motifs is 1. The van der Waals surface area contributed by atoms with E-state index in [-0.39, 0.29) is 0 Å². The summed E-state index contributed by atoms with van der Waals surface area (Å²) in [6, 6.07) is 0.664. The Labute approximate surface area is 106 Å². The maximum atomic E-state index is 11.9. The molecule has 0 radical (unpaired) electrons. The number of ether oxygens (including phenoxy) is 1. The van der Waals surface area contributed by atoms with E-state index >= 15 is 0 Å². The molecule has 1 aliphatic carbocycles. The van der Waals surface area contributed by atoms with Crippen molar-refractivity contribution in [3.63, 3.8) is 0 Å². The second-order valence-corrected chi connectivity index (χ2v) is 6.11. The fourth-order valence-corrected chi connectivity index (χ4v) is 4.31. The SMILES string of the molecule is FC(F)COCCN1CCS[C@@H]2CCCC[C@H]21. The topological polar surface area (TPSA) is 12.5 Å². The molecule has 0 amide bonds. The van der Waals surface area contributed by atoms with E-state index in [0.29, 0.717) is 12.6 Å². The summed E-state index contributed by atoms with van der Waals surface area (Å²) in [4.78, 5) is 2.45. The summed E-state index contributed by atoms with van der Waals surface area (Å²) >= 11 is 2.09. The quantitative estimate of drug-likeness (QED) is 0.709. The van der Waals surface area contributed by atoms with Gasteiger partial charge < -0.3 is 4.74 Å². The molecule has 2 fully saturated rings. The van der Waals surface area contributed by atoms with E-state index in [0.717, 1.165) is 18.3 Å². The van der Waals surface area contributed by atoms with Crippen LogP contribution < -0.4 is 0 Å². The fraction of sp³-hybridized carbons (Fsp3) is 1.00. The van der Waals surface area contributed by atoms with Gasteiger partial charge in [-0.15, -0.1) is 0 Å². The molecule has 1 aliphatic heterocycles. The minimum absolute atomic E-state index is 0.420. The second-order valence-electron chi connectivity index (χ2n) is 4.76. The highest BCUT2D eigenvalue weighted by Gasteiger charge is 2.33. The summed E-state index contributed by atoms with van der Waals surface area (Å²) in [6.45, 7) is 1.92. The molecule has 0 aromatic rings. The third-order valence-electron chi connectivity index (χ3n) is 3.61. The molecule has 2 rings (SSSR count). The Balaban J connectivity index is 1.71. The average molecular weight is 265 g/mol. The van der Waals surface area contributed by atoms with Crippen LogP contribution in [0.15, 0.2) is 0 Å². The van der Waals surface area contributed by atoms with Crippen LogP contribution in [0.4, 0.5) is 8.78 Å². The van der Waals surface area contributed by atoms with Gasteiger partial charge in [0.15, 0.2) is 0 Å². The highest BCUT2D eigenvalue weighted by atomic mass is 32.2.